The predicted molar refractivity (Wildman–Crippen MR) is 108 cm³/mol. The van der Waals surface area contributed by atoms with E-state index in [-0.39, 0.29) is 22.8 Å². The molecular weight excluding hydrogens is 382 g/mol. The molecule has 0 bridgehead atoms. The van der Waals surface area contributed by atoms with E-state index >= 15 is 0 Å². The van der Waals surface area contributed by atoms with E-state index in [9.17, 15) is 9.59 Å². The Labute approximate surface area is 169 Å². The lowest BCUT2D eigenvalue weighted by Crippen LogP contribution is -2.21. The molecule has 1 atom stereocenters. The second kappa shape index (κ2) is 8.80. The predicted octanol–water partition coefficient (Wildman–Crippen LogP) is 4.13. The fourth-order valence-electron chi connectivity index (χ4n) is 3.26. The van der Waals surface area contributed by atoms with Gasteiger partial charge in [-0.25, -0.2) is 0 Å². The van der Waals surface area contributed by atoms with Crippen molar-refractivity contribution in [3.05, 3.63) is 45.2 Å². The van der Waals surface area contributed by atoms with Crippen molar-refractivity contribution in [2.45, 2.75) is 32.7 Å². The lowest BCUT2D eigenvalue weighted by Gasteiger charge is -2.20. The number of halogens is 1. The molecule has 0 fully saturated rings. The summed E-state index contributed by atoms with van der Waals surface area (Å²) in [6.45, 7) is 4.93. The van der Waals surface area contributed by atoms with Gasteiger partial charge in [0, 0.05) is 44.0 Å². The summed E-state index contributed by atoms with van der Waals surface area (Å²) in [5.41, 5.74) is 1.26. The second-order valence-electron chi connectivity index (χ2n) is 6.75. The number of ketones is 1. The number of carbonyl (C=O) groups is 1. The van der Waals surface area contributed by atoms with Crippen molar-refractivity contribution in [3.63, 3.8) is 0 Å². The molecule has 1 aromatic carbocycles. The molecule has 0 aliphatic carbocycles. The average molecular weight is 406 g/mol. The van der Waals surface area contributed by atoms with E-state index < -0.39 is 0 Å². The zero-order chi connectivity index (χ0) is 20.3. The summed E-state index contributed by atoms with van der Waals surface area (Å²) < 4.78 is 18.8. The number of methoxy groups -OCH3 is 1. The highest BCUT2D eigenvalue weighted by Crippen LogP contribution is 2.41. The molecule has 0 radical (unpaired) electrons. The van der Waals surface area contributed by atoms with Crippen LogP contribution in [-0.2, 0) is 4.74 Å². The Morgan fingerprint density at radius 2 is 2.11 bits per heavy atom. The van der Waals surface area contributed by atoms with E-state index in [0.717, 1.165) is 12.8 Å². The van der Waals surface area contributed by atoms with Gasteiger partial charge in [0.1, 0.15) is 18.1 Å². The van der Waals surface area contributed by atoms with Gasteiger partial charge >= 0.3 is 0 Å². The summed E-state index contributed by atoms with van der Waals surface area (Å²) in [7, 11) is 1.64. The van der Waals surface area contributed by atoms with Crippen LogP contribution in [0.1, 0.15) is 43.1 Å². The fourth-order valence-corrected chi connectivity index (χ4v) is 3.48. The summed E-state index contributed by atoms with van der Waals surface area (Å²) in [6, 6.07) is 4.99. The zero-order valence-electron chi connectivity index (χ0n) is 16.3. The van der Waals surface area contributed by atoms with Crippen molar-refractivity contribution in [2.75, 3.05) is 26.9 Å². The molecule has 0 N–H and O–H groups in total. The minimum Gasteiger partial charge on any atom is -0.492 e. The van der Waals surface area contributed by atoms with Crippen LogP contribution in [0.15, 0.2) is 29.2 Å². The van der Waals surface area contributed by atoms with Gasteiger partial charge in [-0.15, -0.1) is 0 Å². The molecule has 0 spiro atoms. The van der Waals surface area contributed by atoms with Crippen LogP contribution >= 0.6 is 11.6 Å². The summed E-state index contributed by atoms with van der Waals surface area (Å²) in [5.74, 6) is 0.880. The number of nitrogens with zero attached hydrogens (tertiary/aromatic N) is 1. The van der Waals surface area contributed by atoms with Gasteiger partial charge < -0.3 is 18.8 Å². The van der Waals surface area contributed by atoms with E-state index in [1.165, 1.54) is 13.0 Å². The van der Waals surface area contributed by atoms with Crippen molar-refractivity contribution in [2.24, 2.45) is 0 Å². The molecule has 150 valence electrons. The van der Waals surface area contributed by atoms with Crippen molar-refractivity contribution >= 4 is 17.4 Å². The minimum atomic E-state index is -0.308. The smallest absolute Gasteiger partial charge is 0.192 e. The van der Waals surface area contributed by atoms with Gasteiger partial charge in [-0.3, -0.25) is 9.59 Å². The molecule has 1 unspecified atom stereocenters. The van der Waals surface area contributed by atoms with Crippen molar-refractivity contribution in [1.82, 2.24) is 4.57 Å². The third kappa shape index (κ3) is 4.08. The Balaban J connectivity index is 2.07. The van der Waals surface area contributed by atoms with E-state index in [1.54, 1.807) is 25.4 Å². The molecule has 1 aliphatic rings. The monoisotopic (exact) mass is 405 g/mol. The molecule has 2 heterocycles. The lowest BCUT2D eigenvalue weighted by atomic mass is 10.1. The van der Waals surface area contributed by atoms with Gasteiger partial charge in [0.15, 0.2) is 11.2 Å². The number of ether oxygens (including phenoxy) is 3. The summed E-state index contributed by atoms with van der Waals surface area (Å²) in [4.78, 5) is 24.3. The average Bonchev–Trinajstić information content (AvgIpc) is 2.81. The number of fused-ring (bicyclic) bond motifs is 3. The number of carbonyl (C=O) groups excluding carboxylic acids is 1. The summed E-state index contributed by atoms with van der Waals surface area (Å²) in [5, 5.41) is 0.435. The quantitative estimate of drug-likeness (QED) is 0.511. The largest absolute Gasteiger partial charge is 0.492 e. The van der Waals surface area contributed by atoms with Gasteiger partial charge in [0.05, 0.1) is 28.9 Å². The van der Waals surface area contributed by atoms with Gasteiger partial charge in [-0.05, 0) is 19.4 Å². The van der Waals surface area contributed by atoms with Gasteiger partial charge in [-0.1, -0.05) is 18.5 Å². The maximum absolute atomic E-state index is 12.5. The second-order valence-corrected chi connectivity index (χ2v) is 7.15. The van der Waals surface area contributed by atoms with Gasteiger partial charge in [-0.2, -0.15) is 0 Å². The number of benzene rings is 1. The molecule has 0 saturated carbocycles. The number of aromatic nitrogens is 1. The first-order valence-corrected chi connectivity index (χ1v) is 9.69. The molecule has 0 saturated heterocycles. The number of hydrogen-bond acceptors (Lipinski definition) is 5. The van der Waals surface area contributed by atoms with Gasteiger partial charge in [0.25, 0.3) is 0 Å². The topological polar surface area (TPSA) is 66.8 Å². The third-order valence-electron chi connectivity index (χ3n) is 4.82. The normalized spacial score (nSPS) is 15.2. The molecule has 7 heteroatoms. The van der Waals surface area contributed by atoms with Crippen LogP contribution < -0.4 is 14.9 Å². The van der Waals surface area contributed by atoms with E-state index in [1.807, 2.05) is 11.5 Å². The Morgan fingerprint density at radius 1 is 1.32 bits per heavy atom. The first-order valence-electron chi connectivity index (χ1n) is 9.31. The molecular formula is C21H24ClNO5. The van der Waals surface area contributed by atoms with Crippen molar-refractivity contribution < 1.29 is 19.0 Å². The Hall–Kier alpha value is -2.31. The first kappa shape index (κ1) is 20.4. The molecule has 28 heavy (non-hydrogen) atoms. The molecule has 3 rings (SSSR count). The summed E-state index contributed by atoms with van der Waals surface area (Å²) >= 11 is 6.43. The van der Waals surface area contributed by atoms with E-state index in [0.29, 0.717) is 47.6 Å². The zero-order valence-corrected chi connectivity index (χ0v) is 17.0. The highest BCUT2D eigenvalue weighted by atomic mass is 35.5. The summed E-state index contributed by atoms with van der Waals surface area (Å²) in [6.07, 6.45) is 3.17. The van der Waals surface area contributed by atoms with Crippen LogP contribution in [-0.4, -0.2) is 37.3 Å². The fraction of sp³-hybridized carbons (Fsp3) is 0.429. The lowest BCUT2D eigenvalue weighted by molar-refractivity contribution is 0.101. The van der Waals surface area contributed by atoms with E-state index in [2.05, 4.69) is 0 Å². The van der Waals surface area contributed by atoms with Crippen molar-refractivity contribution in [1.29, 1.82) is 0 Å². The maximum Gasteiger partial charge on any atom is 0.192 e. The number of Topliss-reactive ketones (excluding diaryl/α,β-unsaturated/α-hetero) is 1. The van der Waals surface area contributed by atoms with Crippen molar-refractivity contribution in [3.8, 4) is 22.8 Å². The van der Waals surface area contributed by atoms with Crippen LogP contribution in [0.25, 0.3) is 11.3 Å². The maximum atomic E-state index is 12.5. The minimum absolute atomic E-state index is 0.00838. The van der Waals surface area contributed by atoms with E-state index in [4.69, 9.17) is 25.8 Å². The van der Waals surface area contributed by atoms with Crippen LogP contribution in [0, 0.1) is 0 Å². The molecule has 0 amide bonds. The Bertz CT molecular complexity index is 937. The Kier molecular flexibility index (Phi) is 6.42. The highest BCUT2D eigenvalue weighted by Gasteiger charge is 2.25. The van der Waals surface area contributed by atoms with Crippen LogP contribution in [0.3, 0.4) is 0 Å². The molecule has 1 aromatic heterocycles. The molecule has 1 aliphatic heterocycles. The van der Waals surface area contributed by atoms with Gasteiger partial charge in [0.2, 0.25) is 0 Å². The number of pyridine rings is 1. The van der Waals surface area contributed by atoms with Crippen LogP contribution in [0.2, 0.25) is 5.02 Å². The first-order chi connectivity index (χ1) is 13.5. The highest BCUT2D eigenvalue weighted by molar-refractivity contribution is 6.32. The van der Waals surface area contributed by atoms with Crippen LogP contribution in [0.5, 0.6) is 11.5 Å². The standard InChI is InChI=1S/C21H24ClNO5/c1-4-14-12-28-20-10-21(27-7-5-6-26-3)17(22)8-15(20)18-9-19(25)16(13(2)24)11-23(14)18/h8-11,14H,4-7,12H2,1-3H3. The third-order valence-corrected chi connectivity index (χ3v) is 5.11. The molecule has 6 nitrogen and oxygen atoms in total. The van der Waals surface area contributed by atoms with Crippen LogP contribution in [0.4, 0.5) is 0 Å². The Morgan fingerprint density at radius 3 is 2.79 bits per heavy atom. The molecule has 2 aromatic rings. The number of hydrogen-bond donors (Lipinski definition) is 0. The SMILES string of the molecule is CCC1COc2cc(OCCCOC)c(Cl)cc2-c2cc(=O)c(C(C)=O)cn21. The number of rotatable bonds is 7.